The number of nitrogens with one attached hydrogen (secondary N) is 1. The van der Waals surface area contributed by atoms with Crippen LogP contribution in [-0.2, 0) is 16.2 Å². The van der Waals surface area contributed by atoms with E-state index in [2.05, 4.69) is 5.32 Å². The van der Waals surface area contributed by atoms with Crippen LogP contribution in [0.1, 0.15) is 24.8 Å². The Morgan fingerprint density at radius 2 is 1.73 bits per heavy atom. The van der Waals surface area contributed by atoms with Crippen molar-refractivity contribution in [2.24, 2.45) is 11.8 Å². The second-order valence-electron chi connectivity index (χ2n) is 8.11. The maximum absolute atomic E-state index is 14.0. The number of ether oxygens (including phenoxy) is 1. The van der Waals surface area contributed by atoms with Gasteiger partial charge in [0.1, 0.15) is 24.0 Å². The van der Waals surface area contributed by atoms with Crippen LogP contribution in [0.25, 0.3) is 11.1 Å². The SMILES string of the molecule is O=C(O)C1CCC[C@@H]1C(=O)Nc1cccc(COc2ccc(-c3ccc(F)cc3F)cc2)c1. The molecule has 7 heteroatoms. The Morgan fingerprint density at radius 1 is 0.970 bits per heavy atom. The van der Waals surface area contributed by atoms with Crippen LogP contribution in [0.2, 0.25) is 0 Å². The molecule has 2 atom stereocenters. The molecule has 0 radical (unpaired) electrons. The van der Waals surface area contributed by atoms with Gasteiger partial charge in [-0.25, -0.2) is 8.78 Å². The lowest BCUT2D eigenvalue weighted by molar-refractivity contribution is -0.145. The number of hydrogen-bond donors (Lipinski definition) is 2. The van der Waals surface area contributed by atoms with Gasteiger partial charge in [-0.15, -0.1) is 0 Å². The molecule has 3 aromatic carbocycles. The fourth-order valence-corrected chi connectivity index (χ4v) is 4.16. The predicted molar refractivity (Wildman–Crippen MR) is 120 cm³/mol. The zero-order valence-electron chi connectivity index (χ0n) is 17.8. The Labute approximate surface area is 190 Å². The number of carbonyl (C=O) groups is 2. The summed E-state index contributed by atoms with van der Waals surface area (Å²) in [5.41, 5.74) is 2.32. The minimum atomic E-state index is -0.928. The summed E-state index contributed by atoms with van der Waals surface area (Å²) in [6.07, 6.45) is 1.83. The smallest absolute Gasteiger partial charge is 0.307 e. The van der Waals surface area contributed by atoms with Gasteiger partial charge in [0.05, 0.1) is 11.8 Å². The first-order chi connectivity index (χ1) is 15.9. The van der Waals surface area contributed by atoms with Crippen molar-refractivity contribution in [2.45, 2.75) is 25.9 Å². The van der Waals surface area contributed by atoms with Crippen molar-refractivity contribution in [1.29, 1.82) is 0 Å². The molecule has 1 fully saturated rings. The number of anilines is 1. The molecule has 4 rings (SSSR count). The minimum absolute atomic E-state index is 0.245. The number of hydrogen-bond acceptors (Lipinski definition) is 3. The van der Waals surface area contributed by atoms with Crippen molar-refractivity contribution in [3.63, 3.8) is 0 Å². The maximum Gasteiger partial charge on any atom is 0.307 e. The van der Waals surface area contributed by atoms with Crippen molar-refractivity contribution in [3.05, 3.63) is 83.9 Å². The standard InChI is InChI=1S/C26H23F2NO4/c27-18-9-12-21(24(28)14-18)17-7-10-20(11-8-17)33-15-16-3-1-4-19(13-16)29-25(30)22-5-2-6-23(22)26(31)32/h1,3-4,7-14,22-23H,2,5-6,15H2,(H,29,30)(H,31,32)/t22-,23?/m0/s1. The molecule has 0 aromatic heterocycles. The monoisotopic (exact) mass is 451 g/mol. The van der Waals surface area contributed by atoms with Crippen LogP contribution < -0.4 is 10.1 Å². The largest absolute Gasteiger partial charge is 0.489 e. The quantitative estimate of drug-likeness (QED) is 0.487. The topological polar surface area (TPSA) is 75.6 Å². The van der Waals surface area contributed by atoms with E-state index >= 15 is 0 Å². The highest BCUT2D eigenvalue weighted by atomic mass is 19.1. The van der Waals surface area contributed by atoms with Gasteiger partial charge < -0.3 is 15.2 Å². The summed E-state index contributed by atoms with van der Waals surface area (Å²) < 4.78 is 32.9. The van der Waals surface area contributed by atoms with Crippen molar-refractivity contribution in [3.8, 4) is 16.9 Å². The summed E-state index contributed by atoms with van der Waals surface area (Å²) in [6.45, 7) is 0.245. The fraction of sp³-hybridized carbons (Fsp3) is 0.231. The van der Waals surface area contributed by atoms with Gasteiger partial charge in [0.2, 0.25) is 5.91 Å². The van der Waals surface area contributed by atoms with Crippen LogP contribution in [0, 0.1) is 23.5 Å². The van der Waals surface area contributed by atoms with Crippen molar-refractivity contribution < 1.29 is 28.2 Å². The van der Waals surface area contributed by atoms with E-state index in [-0.39, 0.29) is 12.5 Å². The summed E-state index contributed by atoms with van der Waals surface area (Å²) in [7, 11) is 0. The second-order valence-corrected chi connectivity index (χ2v) is 8.11. The van der Waals surface area contributed by atoms with Gasteiger partial charge in [-0.05, 0) is 60.4 Å². The molecule has 0 saturated heterocycles. The summed E-state index contributed by atoms with van der Waals surface area (Å²) in [6, 6.07) is 17.4. The third-order valence-electron chi connectivity index (χ3n) is 5.87. The highest BCUT2D eigenvalue weighted by molar-refractivity contribution is 5.95. The Bertz CT molecular complexity index is 1160. The summed E-state index contributed by atoms with van der Waals surface area (Å²) in [5, 5.41) is 12.1. The number of carboxylic acids is 1. The summed E-state index contributed by atoms with van der Waals surface area (Å²) in [4.78, 5) is 23.9. The molecule has 2 N–H and O–H groups in total. The maximum atomic E-state index is 14.0. The van der Waals surface area contributed by atoms with E-state index in [1.54, 1.807) is 42.5 Å². The first-order valence-corrected chi connectivity index (χ1v) is 10.7. The van der Waals surface area contributed by atoms with Crippen LogP contribution >= 0.6 is 0 Å². The van der Waals surface area contributed by atoms with Crippen LogP contribution in [0.3, 0.4) is 0 Å². The molecule has 1 unspecified atom stereocenters. The van der Waals surface area contributed by atoms with Gasteiger partial charge in [-0.3, -0.25) is 9.59 Å². The number of benzene rings is 3. The lowest BCUT2D eigenvalue weighted by atomic mass is 9.95. The molecule has 0 spiro atoms. The molecule has 1 aliphatic rings. The van der Waals surface area contributed by atoms with Crippen LogP contribution in [-0.4, -0.2) is 17.0 Å². The highest BCUT2D eigenvalue weighted by Crippen LogP contribution is 2.33. The zero-order chi connectivity index (χ0) is 23.4. The van der Waals surface area contributed by atoms with Gasteiger partial charge in [-0.1, -0.05) is 30.7 Å². The van der Waals surface area contributed by atoms with Crippen LogP contribution in [0.15, 0.2) is 66.7 Å². The number of carboxylic acid groups (broad SMARTS) is 1. The molecule has 33 heavy (non-hydrogen) atoms. The van der Waals surface area contributed by atoms with Crippen molar-refractivity contribution in [2.75, 3.05) is 5.32 Å². The van der Waals surface area contributed by atoms with E-state index in [0.717, 1.165) is 18.1 Å². The van der Waals surface area contributed by atoms with Crippen molar-refractivity contribution >= 4 is 17.6 Å². The number of rotatable bonds is 7. The van der Waals surface area contributed by atoms with Gasteiger partial charge in [0.15, 0.2) is 0 Å². The first kappa shape index (κ1) is 22.5. The number of carbonyl (C=O) groups excluding carboxylic acids is 1. The molecular weight excluding hydrogens is 428 g/mol. The second kappa shape index (κ2) is 9.81. The lowest BCUT2D eigenvalue weighted by Crippen LogP contribution is -2.30. The van der Waals surface area contributed by atoms with E-state index in [1.807, 2.05) is 6.07 Å². The average Bonchev–Trinajstić information content (AvgIpc) is 3.29. The molecule has 5 nitrogen and oxygen atoms in total. The van der Waals surface area contributed by atoms with Gasteiger partial charge in [0, 0.05) is 17.3 Å². The number of amides is 1. The molecule has 0 heterocycles. The van der Waals surface area contributed by atoms with Gasteiger partial charge >= 0.3 is 5.97 Å². The lowest BCUT2D eigenvalue weighted by Gasteiger charge is -2.16. The number of aliphatic carboxylic acids is 1. The van der Waals surface area contributed by atoms with E-state index in [4.69, 9.17) is 4.74 Å². The predicted octanol–water partition coefficient (Wildman–Crippen LogP) is 5.65. The molecule has 1 saturated carbocycles. The Kier molecular flexibility index (Phi) is 6.68. The van der Waals surface area contributed by atoms with E-state index in [9.17, 15) is 23.5 Å². The van der Waals surface area contributed by atoms with Gasteiger partial charge in [0.25, 0.3) is 0 Å². The number of halogens is 2. The minimum Gasteiger partial charge on any atom is -0.489 e. The molecule has 1 amide bonds. The highest BCUT2D eigenvalue weighted by Gasteiger charge is 2.37. The first-order valence-electron chi connectivity index (χ1n) is 10.7. The molecule has 0 bridgehead atoms. The summed E-state index contributed by atoms with van der Waals surface area (Å²) in [5.74, 6) is -3.04. The van der Waals surface area contributed by atoms with E-state index < -0.39 is 29.4 Å². The van der Waals surface area contributed by atoms with Gasteiger partial charge in [-0.2, -0.15) is 0 Å². The summed E-state index contributed by atoms with van der Waals surface area (Å²) >= 11 is 0. The third-order valence-corrected chi connectivity index (χ3v) is 5.87. The Hall–Kier alpha value is -3.74. The molecule has 0 aliphatic heterocycles. The van der Waals surface area contributed by atoms with Crippen LogP contribution in [0.4, 0.5) is 14.5 Å². The average molecular weight is 451 g/mol. The Balaban J connectivity index is 1.37. The zero-order valence-corrected chi connectivity index (χ0v) is 17.8. The molecule has 1 aliphatic carbocycles. The normalized spacial score (nSPS) is 17.5. The van der Waals surface area contributed by atoms with E-state index in [0.29, 0.717) is 35.4 Å². The molecule has 170 valence electrons. The third kappa shape index (κ3) is 5.37. The molecular formula is C26H23F2NO4. The van der Waals surface area contributed by atoms with Crippen molar-refractivity contribution in [1.82, 2.24) is 0 Å². The fourth-order valence-electron chi connectivity index (χ4n) is 4.16. The van der Waals surface area contributed by atoms with E-state index in [1.165, 1.54) is 12.1 Å². The Morgan fingerprint density at radius 3 is 2.45 bits per heavy atom. The van der Waals surface area contributed by atoms with Crippen LogP contribution in [0.5, 0.6) is 5.75 Å². The molecule has 3 aromatic rings.